The molecule has 1 heterocycles. The molecular weight excluding hydrogens is 128 g/mol. The molecule has 60 valence electrons. The van der Waals surface area contributed by atoms with Crippen LogP contribution in [0.1, 0.15) is 13.8 Å². The first-order valence-corrected chi connectivity index (χ1v) is 3.86. The second-order valence-corrected chi connectivity index (χ2v) is 2.89. The van der Waals surface area contributed by atoms with Crippen LogP contribution in [0.2, 0.25) is 0 Å². The van der Waals surface area contributed by atoms with Crippen LogP contribution in [0.25, 0.3) is 0 Å². The molecule has 0 saturated carbocycles. The standard InChI is InChI=1S/C7H16N2O/c1-6(2)10-7-3-8-5-9-4-7/h6-9H,3-5H2,1-2H3. The Morgan fingerprint density at radius 3 is 2.40 bits per heavy atom. The van der Waals surface area contributed by atoms with Crippen LogP contribution in [0.3, 0.4) is 0 Å². The molecule has 1 aliphatic heterocycles. The first kappa shape index (κ1) is 7.98. The van der Waals surface area contributed by atoms with Gasteiger partial charge in [0.15, 0.2) is 0 Å². The lowest BCUT2D eigenvalue weighted by Crippen LogP contribution is -2.48. The summed E-state index contributed by atoms with van der Waals surface area (Å²) in [5, 5.41) is 6.41. The second-order valence-electron chi connectivity index (χ2n) is 2.89. The summed E-state index contributed by atoms with van der Waals surface area (Å²) in [6, 6.07) is 0. The van der Waals surface area contributed by atoms with Gasteiger partial charge in [-0.15, -0.1) is 0 Å². The molecule has 2 N–H and O–H groups in total. The van der Waals surface area contributed by atoms with Gasteiger partial charge in [0, 0.05) is 19.8 Å². The van der Waals surface area contributed by atoms with Gasteiger partial charge >= 0.3 is 0 Å². The third-order valence-corrected chi connectivity index (χ3v) is 1.46. The summed E-state index contributed by atoms with van der Waals surface area (Å²) in [5.74, 6) is 0. The van der Waals surface area contributed by atoms with Crippen molar-refractivity contribution in [3.8, 4) is 0 Å². The first-order valence-electron chi connectivity index (χ1n) is 3.86. The maximum Gasteiger partial charge on any atom is 0.0827 e. The Morgan fingerprint density at radius 2 is 1.90 bits per heavy atom. The highest BCUT2D eigenvalue weighted by molar-refractivity contribution is 4.70. The Labute approximate surface area is 62.1 Å². The smallest absolute Gasteiger partial charge is 0.0827 e. The lowest BCUT2D eigenvalue weighted by molar-refractivity contribution is 0.000797. The largest absolute Gasteiger partial charge is 0.373 e. The van der Waals surface area contributed by atoms with Crippen LogP contribution < -0.4 is 10.6 Å². The van der Waals surface area contributed by atoms with Gasteiger partial charge in [0.25, 0.3) is 0 Å². The molecule has 10 heavy (non-hydrogen) atoms. The maximum absolute atomic E-state index is 5.57. The number of ether oxygens (including phenoxy) is 1. The molecule has 1 aliphatic rings. The van der Waals surface area contributed by atoms with E-state index in [9.17, 15) is 0 Å². The fourth-order valence-electron chi connectivity index (χ4n) is 1.11. The highest BCUT2D eigenvalue weighted by Gasteiger charge is 2.13. The third kappa shape index (κ3) is 2.64. The first-order chi connectivity index (χ1) is 4.79. The van der Waals surface area contributed by atoms with E-state index in [4.69, 9.17) is 4.74 Å². The van der Waals surface area contributed by atoms with E-state index in [0.717, 1.165) is 19.8 Å². The van der Waals surface area contributed by atoms with Crippen molar-refractivity contribution in [3.63, 3.8) is 0 Å². The van der Waals surface area contributed by atoms with Gasteiger partial charge in [-0.2, -0.15) is 0 Å². The minimum absolute atomic E-state index is 0.340. The van der Waals surface area contributed by atoms with Gasteiger partial charge in [-0.05, 0) is 13.8 Å². The number of nitrogens with one attached hydrogen (secondary N) is 2. The molecular formula is C7H16N2O. The molecule has 0 aromatic carbocycles. The summed E-state index contributed by atoms with van der Waals surface area (Å²) < 4.78 is 5.57. The van der Waals surface area contributed by atoms with Gasteiger partial charge in [0.1, 0.15) is 0 Å². The summed E-state index contributed by atoms with van der Waals surface area (Å²) in [4.78, 5) is 0. The van der Waals surface area contributed by atoms with Crippen LogP contribution in [0.15, 0.2) is 0 Å². The van der Waals surface area contributed by atoms with Crippen molar-refractivity contribution in [2.24, 2.45) is 0 Å². The summed E-state index contributed by atoms with van der Waals surface area (Å²) in [7, 11) is 0. The average Bonchev–Trinajstić information content (AvgIpc) is 1.88. The number of rotatable bonds is 2. The van der Waals surface area contributed by atoms with Gasteiger partial charge in [-0.3, -0.25) is 0 Å². The zero-order valence-corrected chi connectivity index (χ0v) is 6.68. The zero-order chi connectivity index (χ0) is 7.40. The van der Waals surface area contributed by atoms with Gasteiger partial charge in [-0.25, -0.2) is 0 Å². The minimum Gasteiger partial charge on any atom is -0.373 e. The predicted molar refractivity (Wildman–Crippen MR) is 40.9 cm³/mol. The van der Waals surface area contributed by atoms with Crippen LogP contribution in [-0.4, -0.2) is 32.0 Å². The van der Waals surface area contributed by atoms with E-state index < -0.39 is 0 Å². The number of hydrogen-bond donors (Lipinski definition) is 2. The predicted octanol–water partition coefficient (Wildman–Crippen LogP) is -0.0697. The molecule has 1 rings (SSSR count). The van der Waals surface area contributed by atoms with Gasteiger partial charge in [-0.1, -0.05) is 0 Å². The second kappa shape index (κ2) is 3.91. The molecule has 3 nitrogen and oxygen atoms in total. The molecule has 0 bridgehead atoms. The van der Waals surface area contributed by atoms with Crippen LogP contribution in [0.5, 0.6) is 0 Å². The van der Waals surface area contributed by atoms with E-state index in [2.05, 4.69) is 24.5 Å². The van der Waals surface area contributed by atoms with E-state index in [1.165, 1.54) is 0 Å². The van der Waals surface area contributed by atoms with Crippen molar-refractivity contribution >= 4 is 0 Å². The molecule has 0 aliphatic carbocycles. The zero-order valence-electron chi connectivity index (χ0n) is 6.68. The molecule has 3 heteroatoms. The van der Waals surface area contributed by atoms with Crippen molar-refractivity contribution in [2.45, 2.75) is 26.1 Å². The van der Waals surface area contributed by atoms with Crippen molar-refractivity contribution in [1.29, 1.82) is 0 Å². The minimum atomic E-state index is 0.340. The summed E-state index contributed by atoms with van der Waals surface area (Å²) in [5.41, 5.74) is 0. The Balaban J connectivity index is 2.13. The highest BCUT2D eigenvalue weighted by atomic mass is 16.5. The van der Waals surface area contributed by atoms with E-state index >= 15 is 0 Å². The normalized spacial score (nSPS) is 21.9. The average molecular weight is 144 g/mol. The summed E-state index contributed by atoms with van der Waals surface area (Å²) >= 11 is 0. The Kier molecular flexibility index (Phi) is 3.12. The molecule has 1 saturated heterocycles. The lowest BCUT2D eigenvalue weighted by Gasteiger charge is -2.25. The Bertz CT molecular complexity index is 89.6. The molecule has 1 fully saturated rings. The van der Waals surface area contributed by atoms with Gasteiger partial charge in [0.05, 0.1) is 12.2 Å². The van der Waals surface area contributed by atoms with Crippen molar-refractivity contribution in [1.82, 2.24) is 10.6 Å². The van der Waals surface area contributed by atoms with Gasteiger partial charge in [0.2, 0.25) is 0 Å². The lowest BCUT2D eigenvalue weighted by atomic mass is 10.3. The number of hydrogen-bond acceptors (Lipinski definition) is 3. The fraction of sp³-hybridized carbons (Fsp3) is 1.00. The molecule has 0 unspecified atom stereocenters. The van der Waals surface area contributed by atoms with Crippen molar-refractivity contribution < 1.29 is 4.74 Å². The molecule has 0 aromatic heterocycles. The quantitative estimate of drug-likeness (QED) is 0.569. The Hall–Kier alpha value is -0.120. The molecule has 0 amide bonds. The van der Waals surface area contributed by atoms with Crippen molar-refractivity contribution in [3.05, 3.63) is 0 Å². The van der Waals surface area contributed by atoms with Gasteiger partial charge < -0.3 is 15.4 Å². The van der Waals surface area contributed by atoms with E-state index in [1.54, 1.807) is 0 Å². The molecule has 0 radical (unpaired) electrons. The van der Waals surface area contributed by atoms with E-state index in [1.807, 2.05) is 0 Å². The van der Waals surface area contributed by atoms with Crippen LogP contribution in [0, 0.1) is 0 Å². The summed E-state index contributed by atoms with van der Waals surface area (Å²) in [6.45, 7) is 7.00. The topological polar surface area (TPSA) is 33.3 Å². The highest BCUT2D eigenvalue weighted by Crippen LogP contribution is 1.97. The molecule has 0 spiro atoms. The summed E-state index contributed by atoms with van der Waals surface area (Å²) in [6.07, 6.45) is 0.695. The monoisotopic (exact) mass is 144 g/mol. The molecule has 0 atom stereocenters. The maximum atomic E-state index is 5.57. The molecule has 0 aromatic rings. The van der Waals surface area contributed by atoms with Crippen LogP contribution in [0.4, 0.5) is 0 Å². The SMILES string of the molecule is CC(C)OC1CNCNC1. The van der Waals surface area contributed by atoms with Crippen LogP contribution >= 0.6 is 0 Å². The van der Waals surface area contributed by atoms with Crippen LogP contribution in [-0.2, 0) is 4.74 Å². The van der Waals surface area contributed by atoms with E-state index in [-0.39, 0.29) is 0 Å². The fourth-order valence-corrected chi connectivity index (χ4v) is 1.11. The third-order valence-electron chi connectivity index (χ3n) is 1.46. The van der Waals surface area contributed by atoms with E-state index in [0.29, 0.717) is 12.2 Å². The van der Waals surface area contributed by atoms with Crippen molar-refractivity contribution in [2.75, 3.05) is 19.8 Å². The Morgan fingerprint density at radius 1 is 1.30 bits per heavy atom.